The summed E-state index contributed by atoms with van der Waals surface area (Å²) in [5.41, 5.74) is 1.28. The number of para-hydroxylation sites is 2. The quantitative estimate of drug-likeness (QED) is 0.702. The molecular formula is C21H21ClN2O6. The standard InChI is InChI=1S/C21H21ClN2O6/c1-13-9-14(22)7-8-16(13)28-12-20(26)29-11-19(25)24-10-18(21(27)23-2)30-17-6-4-3-5-15(17)24/h3-9,18H,10-12H2,1-2H3,(H,23,27). The molecule has 1 unspecified atom stereocenters. The van der Waals surface area contributed by atoms with Crippen LogP contribution < -0.4 is 19.7 Å². The number of anilines is 1. The van der Waals surface area contributed by atoms with Gasteiger partial charge < -0.3 is 24.4 Å². The molecule has 0 radical (unpaired) electrons. The van der Waals surface area contributed by atoms with E-state index in [4.69, 9.17) is 25.8 Å². The molecule has 2 amide bonds. The Balaban J connectivity index is 1.59. The number of likely N-dealkylation sites (N-methyl/N-ethyl adjacent to an activating group) is 1. The molecule has 1 aliphatic rings. The summed E-state index contributed by atoms with van der Waals surface area (Å²) in [6, 6.07) is 11.9. The largest absolute Gasteiger partial charge is 0.482 e. The van der Waals surface area contributed by atoms with Gasteiger partial charge in [-0.3, -0.25) is 9.59 Å². The third kappa shape index (κ3) is 5.01. The summed E-state index contributed by atoms with van der Waals surface area (Å²) in [6.45, 7) is 0.968. The van der Waals surface area contributed by atoms with E-state index in [1.54, 1.807) is 49.4 Å². The van der Waals surface area contributed by atoms with Crippen LogP contribution in [0, 0.1) is 6.92 Å². The van der Waals surface area contributed by atoms with E-state index >= 15 is 0 Å². The van der Waals surface area contributed by atoms with Crippen molar-refractivity contribution in [1.29, 1.82) is 0 Å². The molecule has 158 valence electrons. The maximum Gasteiger partial charge on any atom is 0.344 e. The van der Waals surface area contributed by atoms with Crippen LogP contribution in [0.1, 0.15) is 5.56 Å². The molecular weight excluding hydrogens is 412 g/mol. The first-order valence-corrected chi connectivity index (χ1v) is 9.59. The highest BCUT2D eigenvalue weighted by atomic mass is 35.5. The number of aryl methyl sites for hydroxylation is 1. The van der Waals surface area contributed by atoms with Gasteiger partial charge in [0.25, 0.3) is 11.8 Å². The predicted molar refractivity (Wildman–Crippen MR) is 110 cm³/mol. The van der Waals surface area contributed by atoms with Crippen LogP contribution in [-0.2, 0) is 19.1 Å². The van der Waals surface area contributed by atoms with E-state index in [9.17, 15) is 14.4 Å². The van der Waals surface area contributed by atoms with E-state index in [-0.39, 0.29) is 19.1 Å². The second kappa shape index (κ2) is 9.49. The highest BCUT2D eigenvalue weighted by molar-refractivity contribution is 6.30. The van der Waals surface area contributed by atoms with Gasteiger partial charge in [0.15, 0.2) is 19.3 Å². The molecule has 1 aliphatic heterocycles. The number of hydrogen-bond donors (Lipinski definition) is 1. The lowest BCUT2D eigenvalue weighted by Crippen LogP contribution is -2.51. The number of hydrogen-bond acceptors (Lipinski definition) is 6. The Hall–Kier alpha value is -3.26. The molecule has 0 spiro atoms. The first kappa shape index (κ1) is 21.4. The zero-order chi connectivity index (χ0) is 21.7. The van der Waals surface area contributed by atoms with Crippen molar-refractivity contribution >= 4 is 35.1 Å². The maximum atomic E-state index is 12.7. The SMILES string of the molecule is CNC(=O)C1CN(C(=O)COC(=O)COc2ccc(Cl)cc2C)c2ccccc2O1. The van der Waals surface area contributed by atoms with Crippen molar-refractivity contribution in [2.45, 2.75) is 13.0 Å². The Labute approximate surface area is 178 Å². The summed E-state index contributed by atoms with van der Waals surface area (Å²) in [6.07, 6.45) is -0.860. The Bertz CT molecular complexity index is 964. The molecule has 0 bridgehead atoms. The summed E-state index contributed by atoms with van der Waals surface area (Å²) in [5, 5.41) is 3.07. The van der Waals surface area contributed by atoms with Gasteiger partial charge in [0.05, 0.1) is 12.2 Å². The fourth-order valence-electron chi connectivity index (χ4n) is 2.94. The van der Waals surface area contributed by atoms with Gasteiger partial charge >= 0.3 is 5.97 Å². The molecule has 1 heterocycles. The molecule has 9 heteroatoms. The number of ether oxygens (including phenoxy) is 3. The minimum atomic E-state index is -0.860. The number of rotatable bonds is 6. The second-order valence-electron chi connectivity index (χ2n) is 6.55. The van der Waals surface area contributed by atoms with Crippen LogP contribution in [0.15, 0.2) is 42.5 Å². The van der Waals surface area contributed by atoms with Crippen molar-refractivity contribution in [2.75, 3.05) is 31.7 Å². The normalized spacial score (nSPS) is 14.9. The molecule has 0 saturated heterocycles. The van der Waals surface area contributed by atoms with E-state index in [0.717, 1.165) is 5.56 Å². The van der Waals surface area contributed by atoms with E-state index in [1.807, 2.05) is 0 Å². The predicted octanol–water partition coefficient (Wildman–Crippen LogP) is 2.11. The molecule has 2 aromatic carbocycles. The molecule has 1 atom stereocenters. The summed E-state index contributed by atoms with van der Waals surface area (Å²) in [4.78, 5) is 38.1. The zero-order valence-corrected chi connectivity index (χ0v) is 17.3. The van der Waals surface area contributed by atoms with Gasteiger partial charge in [-0.25, -0.2) is 4.79 Å². The highest BCUT2D eigenvalue weighted by Crippen LogP contribution is 2.33. The number of halogens is 1. The first-order valence-electron chi connectivity index (χ1n) is 9.21. The van der Waals surface area contributed by atoms with Gasteiger partial charge in [0.2, 0.25) is 0 Å². The number of esters is 1. The lowest BCUT2D eigenvalue weighted by atomic mass is 10.1. The van der Waals surface area contributed by atoms with E-state index in [1.165, 1.54) is 11.9 Å². The van der Waals surface area contributed by atoms with Crippen LogP contribution in [-0.4, -0.2) is 50.7 Å². The molecule has 30 heavy (non-hydrogen) atoms. The van der Waals surface area contributed by atoms with Crippen molar-refractivity contribution < 1.29 is 28.6 Å². The van der Waals surface area contributed by atoms with Crippen molar-refractivity contribution in [1.82, 2.24) is 5.32 Å². The Morgan fingerprint density at radius 2 is 1.97 bits per heavy atom. The molecule has 8 nitrogen and oxygen atoms in total. The first-order chi connectivity index (χ1) is 14.4. The average molecular weight is 433 g/mol. The van der Waals surface area contributed by atoms with Crippen molar-refractivity contribution in [3.63, 3.8) is 0 Å². The summed E-state index contributed by atoms with van der Waals surface area (Å²) >= 11 is 5.89. The fourth-order valence-corrected chi connectivity index (χ4v) is 3.17. The number of carbonyl (C=O) groups is 3. The Morgan fingerprint density at radius 3 is 2.70 bits per heavy atom. The molecule has 3 rings (SSSR count). The van der Waals surface area contributed by atoms with Crippen LogP contribution in [0.2, 0.25) is 5.02 Å². The van der Waals surface area contributed by atoms with E-state index in [2.05, 4.69) is 5.32 Å². The highest BCUT2D eigenvalue weighted by Gasteiger charge is 2.33. The number of nitrogens with zero attached hydrogens (tertiary/aromatic N) is 1. The minimum absolute atomic E-state index is 0.00748. The van der Waals surface area contributed by atoms with Gasteiger partial charge in [-0.15, -0.1) is 0 Å². The lowest BCUT2D eigenvalue weighted by Gasteiger charge is -2.33. The Kier molecular flexibility index (Phi) is 6.79. The molecule has 1 N–H and O–H groups in total. The number of benzene rings is 2. The topological polar surface area (TPSA) is 94.2 Å². The molecule has 2 aromatic rings. The third-order valence-electron chi connectivity index (χ3n) is 4.45. The zero-order valence-electron chi connectivity index (χ0n) is 16.5. The van der Waals surface area contributed by atoms with Gasteiger partial charge in [-0.05, 0) is 42.8 Å². The van der Waals surface area contributed by atoms with Crippen LogP contribution in [0.25, 0.3) is 0 Å². The van der Waals surface area contributed by atoms with Gasteiger partial charge in [0, 0.05) is 12.1 Å². The second-order valence-corrected chi connectivity index (χ2v) is 6.99. The maximum absolute atomic E-state index is 12.7. The van der Waals surface area contributed by atoms with Gasteiger partial charge in [-0.1, -0.05) is 23.7 Å². The lowest BCUT2D eigenvalue weighted by molar-refractivity contribution is -0.150. The summed E-state index contributed by atoms with van der Waals surface area (Å²) in [7, 11) is 1.49. The number of nitrogens with one attached hydrogen (secondary N) is 1. The molecule has 0 aromatic heterocycles. The van der Waals surface area contributed by atoms with Gasteiger partial charge in [-0.2, -0.15) is 0 Å². The van der Waals surface area contributed by atoms with Crippen molar-refractivity contribution in [3.05, 3.63) is 53.1 Å². The van der Waals surface area contributed by atoms with E-state index in [0.29, 0.717) is 22.2 Å². The number of carbonyl (C=O) groups excluding carboxylic acids is 3. The van der Waals surface area contributed by atoms with Crippen molar-refractivity contribution in [3.8, 4) is 11.5 Å². The summed E-state index contributed by atoms with van der Waals surface area (Å²) < 4.78 is 16.1. The smallest absolute Gasteiger partial charge is 0.344 e. The molecule has 0 aliphatic carbocycles. The minimum Gasteiger partial charge on any atom is -0.482 e. The Morgan fingerprint density at radius 1 is 1.20 bits per heavy atom. The third-order valence-corrected chi connectivity index (χ3v) is 4.69. The monoisotopic (exact) mass is 432 g/mol. The van der Waals surface area contributed by atoms with Crippen LogP contribution in [0.4, 0.5) is 5.69 Å². The van der Waals surface area contributed by atoms with Crippen molar-refractivity contribution in [2.24, 2.45) is 0 Å². The van der Waals surface area contributed by atoms with Crippen LogP contribution >= 0.6 is 11.6 Å². The van der Waals surface area contributed by atoms with Crippen LogP contribution in [0.3, 0.4) is 0 Å². The molecule has 0 fully saturated rings. The summed E-state index contributed by atoms with van der Waals surface area (Å²) in [5.74, 6) is -0.624. The van der Waals surface area contributed by atoms with E-state index < -0.39 is 24.6 Å². The van der Waals surface area contributed by atoms with Crippen LogP contribution in [0.5, 0.6) is 11.5 Å². The average Bonchev–Trinajstić information content (AvgIpc) is 2.75. The van der Waals surface area contributed by atoms with Gasteiger partial charge in [0.1, 0.15) is 11.5 Å². The fraction of sp³-hybridized carbons (Fsp3) is 0.286. The number of fused-ring (bicyclic) bond motifs is 1. The number of amides is 2. The molecule has 0 saturated carbocycles.